The van der Waals surface area contributed by atoms with E-state index < -0.39 is 6.04 Å². The summed E-state index contributed by atoms with van der Waals surface area (Å²) in [6.07, 6.45) is 0.607. The van der Waals surface area contributed by atoms with Crippen LogP contribution in [-0.2, 0) is 0 Å². The van der Waals surface area contributed by atoms with Gasteiger partial charge in [-0.05, 0) is 32.4 Å². The Hall–Kier alpha value is -1.17. The van der Waals surface area contributed by atoms with Crippen LogP contribution in [-0.4, -0.2) is 42.9 Å². The Kier molecular flexibility index (Phi) is 6.91. The number of benzene rings is 1. The average Bonchev–Trinajstić information content (AvgIpc) is 2.42. The fourth-order valence-corrected chi connectivity index (χ4v) is 2.26. The minimum atomic E-state index is -0.425. The number of aliphatic hydroxyl groups is 1. The molecule has 3 N–H and O–H groups in total. The van der Waals surface area contributed by atoms with Gasteiger partial charge in [0.2, 0.25) is 0 Å². The molecule has 1 aromatic rings. The maximum Gasteiger partial charge on any atom is 0.131 e. The summed E-state index contributed by atoms with van der Waals surface area (Å²) in [5.74, 6) is 0.144. The third-order valence-electron chi connectivity index (χ3n) is 3.45. The maximum absolute atomic E-state index is 13.9. The fourth-order valence-electron chi connectivity index (χ4n) is 2.26. The van der Waals surface area contributed by atoms with E-state index in [1.165, 1.54) is 13.2 Å². The Labute approximate surface area is 120 Å². The van der Waals surface area contributed by atoms with E-state index in [0.717, 1.165) is 0 Å². The molecule has 1 atom stereocenters. The second kappa shape index (κ2) is 8.19. The van der Waals surface area contributed by atoms with Crippen molar-refractivity contribution in [3.05, 3.63) is 29.6 Å². The molecule has 0 spiro atoms. The third-order valence-corrected chi connectivity index (χ3v) is 3.45. The summed E-state index contributed by atoms with van der Waals surface area (Å²) in [7, 11) is 1.51. The van der Waals surface area contributed by atoms with Crippen molar-refractivity contribution in [3.63, 3.8) is 0 Å². The topological polar surface area (TPSA) is 58.7 Å². The van der Waals surface area contributed by atoms with Crippen molar-refractivity contribution in [1.29, 1.82) is 0 Å². The third kappa shape index (κ3) is 4.44. The van der Waals surface area contributed by atoms with Gasteiger partial charge in [0.15, 0.2) is 0 Å². The molecule has 1 rings (SSSR count). The highest BCUT2D eigenvalue weighted by atomic mass is 19.1. The molecular formula is C15H25FN2O2. The predicted molar refractivity (Wildman–Crippen MR) is 78.3 cm³/mol. The van der Waals surface area contributed by atoms with Crippen LogP contribution in [0.5, 0.6) is 5.75 Å². The molecule has 0 aliphatic heterocycles. The summed E-state index contributed by atoms with van der Waals surface area (Å²) in [5.41, 5.74) is 6.53. The van der Waals surface area contributed by atoms with Gasteiger partial charge in [-0.1, -0.05) is 6.07 Å². The quantitative estimate of drug-likeness (QED) is 0.766. The Balaban J connectivity index is 2.73. The lowest BCUT2D eigenvalue weighted by Gasteiger charge is -2.27. The molecule has 4 nitrogen and oxygen atoms in total. The lowest BCUT2D eigenvalue weighted by Crippen LogP contribution is -2.35. The Morgan fingerprint density at radius 1 is 1.35 bits per heavy atom. The van der Waals surface area contributed by atoms with Crippen molar-refractivity contribution in [3.8, 4) is 5.75 Å². The molecular weight excluding hydrogens is 259 g/mol. The average molecular weight is 284 g/mol. The zero-order chi connectivity index (χ0) is 15.1. The SMILES string of the molecule is COc1cccc(F)c1C(N)CCN(CCO)C(C)C. The number of hydrogen-bond acceptors (Lipinski definition) is 4. The van der Waals surface area contributed by atoms with E-state index in [9.17, 15) is 4.39 Å². The van der Waals surface area contributed by atoms with Gasteiger partial charge in [0, 0.05) is 30.7 Å². The lowest BCUT2D eigenvalue weighted by molar-refractivity contribution is 0.161. The van der Waals surface area contributed by atoms with Gasteiger partial charge in [-0.25, -0.2) is 4.39 Å². The standard InChI is InChI=1S/C15H25FN2O2/c1-11(2)18(9-10-19)8-7-13(17)15-12(16)5-4-6-14(15)20-3/h4-6,11,13,19H,7-10,17H2,1-3H3. The Bertz CT molecular complexity index is 413. The van der Waals surface area contributed by atoms with Crippen LogP contribution < -0.4 is 10.5 Å². The van der Waals surface area contributed by atoms with Crippen molar-refractivity contribution in [2.75, 3.05) is 26.8 Å². The molecule has 0 radical (unpaired) electrons. The van der Waals surface area contributed by atoms with E-state index in [-0.39, 0.29) is 12.4 Å². The van der Waals surface area contributed by atoms with Crippen LogP contribution in [0.1, 0.15) is 31.9 Å². The van der Waals surface area contributed by atoms with E-state index in [1.54, 1.807) is 12.1 Å². The highest BCUT2D eigenvalue weighted by Crippen LogP contribution is 2.28. The molecule has 20 heavy (non-hydrogen) atoms. The smallest absolute Gasteiger partial charge is 0.131 e. The normalized spacial score (nSPS) is 13.0. The van der Waals surface area contributed by atoms with Crippen LogP contribution >= 0.6 is 0 Å². The first-order chi connectivity index (χ1) is 9.51. The first-order valence-electron chi connectivity index (χ1n) is 6.94. The predicted octanol–water partition coefficient (Wildman–Crippen LogP) is 1.93. The van der Waals surface area contributed by atoms with Gasteiger partial charge in [0.25, 0.3) is 0 Å². The first-order valence-corrected chi connectivity index (χ1v) is 6.94. The molecule has 0 amide bonds. The molecule has 0 aliphatic carbocycles. The largest absolute Gasteiger partial charge is 0.496 e. The van der Waals surface area contributed by atoms with Crippen molar-refractivity contribution >= 4 is 0 Å². The molecule has 5 heteroatoms. The minimum absolute atomic E-state index is 0.108. The molecule has 0 saturated heterocycles. The summed E-state index contributed by atoms with van der Waals surface area (Å²) in [5, 5.41) is 9.04. The van der Waals surface area contributed by atoms with Crippen molar-refractivity contribution < 1.29 is 14.2 Å². The van der Waals surface area contributed by atoms with Gasteiger partial charge < -0.3 is 15.6 Å². The molecule has 0 fully saturated rings. The molecule has 0 heterocycles. The monoisotopic (exact) mass is 284 g/mol. The molecule has 1 aromatic carbocycles. The van der Waals surface area contributed by atoms with Gasteiger partial charge in [0.05, 0.1) is 13.7 Å². The van der Waals surface area contributed by atoms with E-state index in [1.807, 2.05) is 0 Å². The number of nitrogens with zero attached hydrogens (tertiary/aromatic N) is 1. The molecule has 0 saturated carbocycles. The summed E-state index contributed by atoms with van der Waals surface area (Å²) < 4.78 is 19.1. The van der Waals surface area contributed by atoms with Gasteiger partial charge >= 0.3 is 0 Å². The summed E-state index contributed by atoms with van der Waals surface area (Å²) >= 11 is 0. The van der Waals surface area contributed by atoms with E-state index in [0.29, 0.717) is 36.9 Å². The van der Waals surface area contributed by atoms with Crippen LogP contribution in [0.4, 0.5) is 4.39 Å². The zero-order valence-electron chi connectivity index (χ0n) is 12.5. The van der Waals surface area contributed by atoms with E-state index in [2.05, 4.69) is 18.7 Å². The zero-order valence-corrected chi connectivity index (χ0v) is 12.5. The number of aliphatic hydroxyl groups excluding tert-OH is 1. The number of rotatable bonds is 8. The molecule has 114 valence electrons. The van der Waals surface area contributed by atoms with Crippen LogP contribution in [0.15, 0.2) is 18.2 Å². The van der Waals surface area contributed by atoms with E-state index >= 15 is 0 Å². The summed E-state index contributed by atoms with van der Waals surface area (Å²) in [6, 6.07) is 4.61. The second-order valence-corrected chi connectivity index (χ2v) is 5.10. The Morgan fingerprint density at radius 2 is 2.05 bits per heavy atom. The van der Waals surface area contributed by atoms with Gasteiger partial charge in [-0.3, -0.25) is 4.90 Å². The second-order valence-electron chi connectivity index (χ2n) is 5.10. The van der Waals surface area contributed by atoms with Gasteiger partial charge in [-0.15, -0.1) is 0 Å². The number of halogens is 1. The van der Waals surface area contributed by atoms with Crippen LogP contribution in [0.2, 0.25) is 0 Å². The number of ether oxygens (including phenoxy) is 1. The van der Waals surface area contributed by atoms with Crippen molar-refractivity contribution in [2.24, 2.45) is 5.73 Å². The minimum Gasteiger partial charge on any atom is -0.496 e. The van der Waals surface area contributed by atoms with E-state index in [4.69, 9.17) is 15.6 Å². The number of nitrogens with two attached hydrogens (primary N) is 1. The van der Waals surface area contributed by atoms with Crippen molar-refractivity contribution in [1.82, 2.24) is 4.90 Å². The number of methoxy groups -OCH3 is 1. The van der Waals surface area contributed by atoms with Gasteiger partial charge in [-0.2, -0.15) is 0 Å². The van der Waals surface area contributed by atoms with Crippen LogP contribution in [0.25, 0.3) is 0 Å². The van der Waals surface area contributed by atoms with Crippen molar-refractivity contribution in [2.45, 2.75) is 32.4 Å². The van der Waals surface area contributed by atoms with Crippen LogP contribution in [0, 0.1) is 5.82 Å². The molecule has 1 unspecified atom stereocenters. The maximum atomic E-state index is 13.9. The van der Waals surface area contributed by atoms with Gasteiger partial charge in [0.1, 0.15) is 11.6 Å². The molecule has 0 aliphatic rings. The summed E-state index contributed by atoms with van der Waals surface area (Å²) in [6.45, 7) is 5.53. The number of hydrogen-bond donors (Lipinski definition) is 2. The first kappa shape index (κ1) is 16.9. The Morgan fingerprint density at radius 3 is 2.60 bits per heavy atom. The highest BCUT2D eigenvalue weighted by Gasteiger charge is 2.18. The highest BCUT2D eigenvalue weighted by molar-refractivity contribution is 5.37. The molecule has 0 aromatic heterocycles. The van der Waals surface area contributed by atoms with Crippen LogP contribution in [0.3, 0.4) is 0 Å². The lowest BCUT2D eigenvalue weighted by atomic mass is 10.0. The molecule has 0 bridgehead atoms. The summed E-state index contributed by atoms with van der Waals surface area (Å²) in [4.78, 5) is 2.12. The fraction of sp³-hybridized carbons (Fsp3) is 0.600.